The average Bonchev–Trinajstić information content (AvgIpc) is 3.30. The predicted octanol–water partition coefficient (Wildman–Crippen LogP) is 10.1. The number of hydrogen-bond acceptors (Lipinski definition) is 9. The van der Waals surface area contributed by atoms with Crippen LogP contribution in [0.3, 0.4) is 0 Å². The van der Waals surface area contributed by atoms with Gasteiger partial charge in [0.25, 0.3) is 22.7 Å². The fraction of sp³-hybridized carbons (Fsp3) is 0.0213. The second kappa shape index (κ2) is 19.9. The maximum absolute atomic E-state index is 13.8. The number of anilines is 3. The summed E-state index contributed by atoms with van der Waals surface area (Å²) in [5.74, 6) is -3.66. The van der Waals surface area contributed by atoms with Crippen LogP contribution in [0.5, 0.6) is 5.75 Å². The van der Waals surface area contributed by atoms with Gasteiger partial charge in [-0.3, -0.25) is 34.4 Å². The molecule has 321 valence electrons. The van der Waals surface area contributed by atoms with Gasteiger partial charge in [0.05, 0.1) is 15.4 Å². The fourth-order valence-corrected chi connectivity index (χ4v) is 9.61. The zero-order chi connectivity index (χ0) is 44.9. The van der Waals surface area contributed by atoms with Gasteiger partial charge in [-0.15, -0.1) is 0 Å². The molecular weight excluding hydrogens is 988 g/mol. The second-order valence-electron chi connectivity index (χ2n) is 13.7. The Hall–Kier alpha value is -6.58. The van der Waals surface area contributed by atoms with Crippen LogP contribution in [0.2, 0.25) is 0 Å². The van der Waals surface area contributed by atoms with Crippen LogP contribution in [-0.2, 0) is 4.57 Å². The van der Waals surface area contributed by atoms with Crippen LogP contribution in [0.15, 0.2) is 193 Å². The number of pyridine rings is 1. The molecule has 0 aliphatic carbocycles. The van der Waals surface area contributed by atoms with Crippen molar-refractivity contribution in [3.63, 3.8) is 0 Å². The minimum atomic E-state index is -5.44. The fourth-order valence-electron chi connectivity index (χ4n) is 6.94. The van der Waals surface area contributed by atoms with Gasteiger partial charge in [-0.25, -0.2) is 0 Å². The predicted molar refractivity (Wildman–Crippen MR) is 235 cm³/mol. The van der Waals surface area contributed by atoms with Gasteiger partial charge < -0.3 is 14.6 Å². The number of para-hydroxylation sites is 1. The van der Waals surface area contributed by atoms with Crippen LogP contribution in [0.1, 0.15) is 10.4 Å². The Bertz CT molecular complexity index is 2910. The molecule has 0 aliphatic rings. The van der Waals surface area contributed by atoms with E-state index in [1.807, 2.05) is 91.0 Å². The number of halogens is 3. The van der Waals surface area contributed by atoms with Crippen molar-refractivity contribution in [3.05, 3.63) is 224 Å². The van der Waals surface area contributed by atoms with Crippen molar-refractivity contribution >= 4 is 68.2 Å². The minimum Gasteiger partial charge on any atom is -0.506 e. The van der Waals surface area contributed by atoms with E-state index in [1.165, 1.54) is 95.9 Å². The standard InChI is InChI=1S/C29H17F3N4O7.C18H15OP.Eu/c30-29(31,32)27(38)25-26(37)23-15-14-22(16-24(23)34(28(25)39)17-4-2-1-3-5-17)33(18-6-10-20(11-7-18)35(40)41)19-8-12-21(13-9-19)36(42)43;19-20(16-10-4-1-5-11-16,17-12-6-2-7-13-17)18-14-8-3-9-15-18;/h1-16,37H;1-15H;. The van der Waals surface area contributed by atoms with Gasteiger partial charge in [-0.1, -0.05) is 109 Å². The number of nitro benzene ring substituents is 2. The summed E-state index contributed by atoms with van der Waals surface area (Å²) >= 11 is 0. The van der Waals surface area contributed by atoms with Crippen LogP contribution >= 0.6 is 7.14 Å². The third-order valence-electron chi connectivity index (χ3n) is 9.89. The molecule has 0 saturated carbocycles. The molecule has 0 unspecified atom stereocenters. The number of carbonyl (C=O) groups is 1. The van der Waals surface area contributed by atoms with Gasteiger partial charge in [-0.2, -0.15) is 13.2 Å². The normalized spacial score (nSPS) is 11.1. The molecule has 17 heteroatoms. The molecule has 7 aromatic carbocycles. The number of aromatic nitrogens is 1. The summed E-state index contributed by atoms with van der Waals surface area (Å²) < 4.78 is 55.0. The summed E-state index contributed by atoms with van der Waals surface area (Å²) in [6.07, 6.45) is -5.44. The Labute approximate surface area is 403 Å². The molecule has 1 aromatic heterocycles. The smallest absolute Gasteiger partial charge is 0.455 e. The number of carbonyl (C=O) groups excluding carboxylic acids is 1. The van der Waals surface area contributed by atoms with Gasteiger partial charge >= 0.3 is 6.18 Å². The number of rotatable bonds is 10. The first kappa shape index (κ1) is 46.9. The maximum atomic E-state index is 13.8. The van der Waals surface area contributed by atoms with E-state index in [4.69, 9.17) is 0 Å². The van der Waals surface area contributed by atoms with E-state index in [-0.39, 0.29) is 83.0 Å². The van der Waals surface area contributed by atoms with Crippen molar-refractivity contribution in [1.29, 1.82) is 0 Å². The van der Waals surface area contributed by atoms with Gasteiger partial charge in [-0.05, 0) is 54.6 Å². The van der Waals surface area contributed by atoms with Crippen LogP contribution in [0.25, 0.3) is 16.6 Å². The van der Waals surface area contributed by atoms with Crippen molar-refractivity contribution in [2.75, 3.05) is 4.90 Å². The summed E-state index contributed by atoms with van der Waals surface area (Å²) in [5.41, 5.74) is -2.30. The minimum absolute atomic E-state index is 0. The Morgan fingerprint density at radius 2 is 0.969 bits per heavy atom. The number of alkyl halides is 3. The van der Waals surface area contributed by atoms with E-state index in [9.17, 15) is 52.7 Å². The SMILES string of the molecule is O=C(c1c(O)c2ccc(N(c3ccc([N+](=O)[O-])cc3)c3ccc([N+](=O)[O-])cc3)cc2n(-c2ccccc2)c1=O)C(F)(F)F.O=P(c1ccccc1)(c1ccccc1)c1ccccc1.[Eu]. The number of nitro groups is 2. The average molecular weight is 1020 g/mol. The summed E-state index contributed by atoms with van der Waals surface area (Å²) in [7, 11) is -2.78. The van der Waals surface area contributed by atoms with Gasteiger partial charge in [0.15, 0.2) is 7.14 Å². The molecule has 0 aliphatic heterocycles. The van der Waals surface area contributed by atoms with E-state index >= 15 is 0 Å². The molecule has 8 rings (SSSR count). The summed E-state index contributed by atoms with van der Waals surface area (Å²) in [6, 6.07) is 51.2. The zero-order valence-corrected chi connectivity index (χ0v) is 36.3. The monoisotopic (exact) mass is 1020 g/mol. The summed E-state index contributed by atoms with van der Waals surface area (Å²) in [5, 5.41) is 35.6. The van der Waals surface area contributed by atoms with Crippen LogP contribution in [0.4, 0.5) is 41.6 Å². The molecule has 0 atom stereocenters. The first-order chi connectivity index (χ1) is 30.2. The number of ketones is 1. The first-order valence-electron chi connectivity index (χ1n) is 18.8. The number of hydrogen-bond donors (Lipinski definition) is 1. The van der Waals surface area contributed by atoms with E-state index in [0.29, 0.717) is 11.4 Å². The molecule has 0 fully saturated rings. The Morgan fingerprint density at radius 3 is 1.34 bits per heavy atom. The number of benzene rings is 7. The van der Waals surface area contributed by atoms with E-state index in [2.05, 4.69) is 0 Å². The summed E-state index contributed by atoms with van der Waals surface area (Å²) in [6.45, 7) is 0. The van der Waals surface area contributed by atoms with Crippen molar-refractivity contribution < 1.29 is 86.9 Å². The third kappa shape index (κ3) is 9.65. The van der Waals surface area contributed by atoms with Gasteiger partial charge in [0.1, 0.15) is 11.3 Å². The molecule has 1 heterocycles. The number of aromatic hydroxyl groups is 1. The molecule has 0 bridgehead atoms. The van der Waals surface area contributed by atoms with Crippen molar-refractivity contribution in [3.8, 4) is 11.4 Å². The quantitative estimate of drug-likeness (QED) is 0.0607. The van der Waals surface area contributed by atoms with Crippen LogP contribution < -0.4 is 26.4 Å². The number of nitrogens with zero attached hydrogens (tertiary/aromatic N) is 4. The maximum Gasteiger partial charge on any atom is 0.455 e. The van der Waals surface area contributed by atoms with E-state index in [1.54, 1.807) is 6.07 Å². The largest absolute Gasteiger partial charge is 0.506 e. The topological polar surface area (TPSA) is 166 Å². The number of Topliss-reactive ketones (excluding diaryl/α,β-unsaturated/α-hetero) is 1. The molecular formula is C47H32EuF3N4O8P. The summed E-state index contributed by atoms with van der Waals surface area (Å²) in [4.78, 5) is 48.5. The zero-order valence-electron chi connectivity index (χ0n) is 33.0. The second-order valence-corrected chi connectivity index (χ2v) is 16.5. The van der Waals surface area contributed by atoms with Crippen LogP contribution in [0, 0.1) is 69.6 Å². The van der Waals surface area contributed by atoms with Gasteiger partial charge in [0.2, 0.25) is 0 Å². The molecule has 64 heavy (non-hydrogen) atoms. The third-order valence-corrected chi connectivity index (χ3v) is 13.0. The van der Waals surface area contributed by atoms with E-state index in [0.717, 1.165) is 20.5 Å². The molecule has 0 amide bonds. The van der Waals surface area contributed by atoms with Gasteiger partial charge in [0, 0.05) is 118 Å². The van der Waals surface area contributed by atoms with Crippen LogP contribution in [-0.4, -0.2) is 31.5 Å². The molecule has 8 aromatic rings. The Morgan fingerprint density at radius 1 is 0.594 bits per heavy atom. The molecule has 1 N–H and O–H groups in total. The Kier molecular flexibility index (Phi) is 14.6. The first-order valence-corrected chi connectivity index (χ1v) is 20.6. The van der Waals surface area contributed by atoms with Crippen molar-refractivity contribution in [2.45, 2.75) is 6.18 Å². The Balaban J connectivity index is 0.000000270. The van der Waals surface area contributed by atoms with E-state index < -0.39 is 45.8 Å². The van der Waals surface area contributed by atoms with Crippen molar-refractivity contribution in [1.82, 2.24) is 4.57 Å². The molecule has 12 nitrogen and oxygen atoms in total. The number of fused-ring (bicyclic) bond motifs is 1. The molecule has 0 spiro atoms. The number of non-ortho nitro benzene ring substituents is 2. The van der Waals surface area contributed by atoms with Crippen molar-refractivity contribution in [2.24, 2.45) is 0 Å². The molecule has 1 radical (unpaired) electrons. The molecule has 0 saturated heterocycles.